The number of hydrogen-bond donors (Lipinski definition) is 1. The Balaban J connectivity index is 1.19. The molecular weight excluding hydrogens is 406 g/mol. The van der Waals surface area contributed by atoms with Crippen molar-refractivity contribution in [3.8, 4) is 11.5 Å². The molecular formula is C25H29N3O4. The number of hydrogen-bond acceptors (Lipinski definition) is 5. The van der Waals surface area contributed by atoms with Crippen LogP contribution in [0.1, 0.15) is 31.2 Å². The molecule has 5 rings (SSSR count). The van der Waals surface area contributed by atoms with E-state index in [0.29, 0.717) is 25.7 Å². The standard InChI is InChI=1S/C25H29N3O4/c29-23-8-10-25(26-23,17-19-6-7-21-22(16-19)32-18-31-21)11-9-24(30)28-14-12-27(13-15-28)20-4-2-1-3-5-20/h1-7,16H,8-15,17-18H2,(H,26,29). The van der Waals surface area contributed by atoms with E-state index < -0.39 is 0 Å². The van der Waals surface area contributed by atoms with Crippen molar-refractivity contribution in [2.24, 2.45) is 0 Å². The van der Waals surface area contributed by atoms with Gasteiger partial charge in [0.1, 0.15) is 0 Å². The van der Waals surface area contributed by atoms with Crippen LogP contribution in [0.3, 0.4) is 0 Å². The average molecular weight is 436 g/mol. The van der Waals surface area contributed by atoms with Crippen molar-refractivity contribution in [1.29, 1.82) is 0 Å². The lowest BCUT2D eigenvalue weighted by Gasteiger charge is -2.37. The Kier molecular flexibility index (Phi) is 5.64. The van der Waals surface area contributed by atoms with Gasteiger partial charge in [0.2, 0.25) is 18.6 Å². The van der Waals surface area contributed by atoms with Crippen molar-refractivity contribution in [3.05, 3.63) is 54.1 Å². The van der Waals surface area contributed by atoms with Crippen LogP contribution >= 0.6 is 0 Å². The number of anilines is 1. The van der Waals surface area contributed by atoms with Crippen molar-refractivity contribution < 1.29 is 19.1 Å². The second kappa shape index (κ2) is 8.73. The van der Waals surface area contributed by atoms with E-state index in [2.05, 4.69) is 22.3 Å². The van der Waals surface area contributed by atoms with Gasteiger partial charge in [-0.05, 0) is 49.1 Å². The van der Waals surface area contributed by atoms with Crippen molar-refractivity contribution in [1.82, 2.24) is 10.2 Å². The number of benzene rings is 2. The predicted molar refractivity (Wildman–Crippen MR) is 121 cm³/mol. The first kappa shape index (κ1) is 20.7. The maximum absolute atomic E-state index is 13.0. The Morgan fingerprint density at radius 3 is 2.53 bits per heavy atom. The van der Waals surface area contributed by atoms with Crippen LogP contribution in [0.2, 0.25) is 0 Å². The highest BCUT2D eigenvalue weighted by molar-refractivity contribution is 5.80. The summed E-state index contributed by atoms with van der Waals surface area (Å²) in [6.45, 7) is 3.39. The van der Waals surface area contributed by atoms with Gasteiger partial charge in [-0.1, -0.05) is 24.3 Å². The second-order valence-electron chi connectivity index (χ2n) is 8.90. The average Bonchev–Trinajstić information content (AvgIpc) is 3.44. The molecule has 3 aliphatic rings. The van der Waals surface area contributed by atoms with Gasteiger partial charge in [-0.2, -0.15) is 0 Å². The van der Waals surface area contributed by atoms with E-state index in [1.807, 2.05) is 41.3 Å². The van der Waals surface area contributed by atoms with Crippen LogP contribution in [0.25, 0.3) is 0 Å². The van der Waals surface area contributed by atoms with E-state index in [0.717, 1.165) is 49.7 Å². The van der Waals surface area contributed by atoms with E-state index in [-0.39, 0.29) is 24.1 Å². The van der Waals surface area contributed by atoms with Crippen LogP contribution in [-0.4, -0.2) is 55.2 Å². The molecule has 1 atom stereocenters. The molecule has 2 amide bonds. The molecule has 1 N–H and O–H groups in total. The van der Waals surface area contributed by atoms with Crippen LogP contribution < -0.4 is 19.7 Å². The summed E-state index contributed by atoms with van der Waals surface area (Å²) in [6, 6.07) is 16.2. The fourth-order valence-electron chi connectivity index (χ4n) is 4.98. The van der Waals surface area contributed by atoms with Gasteiger partial charge < -0.3 is 24.6 Å². The molecule has 3 aliphatic heterocycles. The molecule has 0 bridgehead atoms. The lowest BCUT2D eigenvalue weighted by molar-refractivity contribution is -0.132. The number of nitrogens with zero attached hydrogens (tertiary/aromatic N) is 2. The summed E-state index contributed by atoms with van der Waals surface area (Å²) in [6.07, 6.45) is 3.02. The molecule has 0 spiro atoms. The number of ether oxygens (including phenoxy) is 2. The van der Waals surface area contributed by atoms with Crippen LogP contribution in [0.4, 0.5) is 5.69 Å². The normalized spacial score (nSPS) is 22.2. The first-order valence-corrected chi connectivity index (χ1v) is 11.4. The third-order valence-corrected chi connectivity index (χ3v) is 6.79. The molecule has 32 heavy (non-hydrogen) atoms. The topological polar surface area (TPSA) is 71.1 Å². The molecule has 0 aromatic heterocycles. The lowest BCUT2D eigenvalue weighted by atomic mass is 9.84. The van der Waals surface area contributed by atoms with Gasteiger partial charge in [0.15, 0.2) is 11.5 Å². The molecule has 0 radical (unpaired) electrons. The molecule has 7 heteroatoms. The first-order valence-electron chi connectivity index (χ1n) is 11.4. The molecule has 2 aromatic carbocycles. The van der Waals surface area contributed by atoms with Crippen LogP contribution in [-0.2, 0) is 16.0 Å². The lowest BCUT2D eigenvalue weighted by Crippen LogP contribution is -2.50. The van der Waals surface area contributed by atoms with E-state index in [9.17, 15) is 9.59 Å². The molecule has 168 valence electrons. The number of amides is 2. The Morgan fingerprint density at radius 2 is 1.78 bits per heavy atom. The number of carbonyl (C=O) groups is 2. The monoisotopic (exact) mass is 435 g/mol. The fourth-order valence-corrected chi connectivity index (χ4v) is 4.98. The van der Waals surface area contributed by atoms with Crippen molar-refractivity contribution in [3.63, 3.8) is 0 Å². The molecule has 0 saturated carbocycles. The molecule has 3 heterocycles. The summed E-state index contributed by atoms with van der Waals surface area (Å²) in [5.41, 5.74) is 1.91. The zero-order valence-electron chi connectivity index (χ0n) is 18.2. The number of nitrogens with one attached hydrogen (secondary N) is 1. The van der Waals surface area contributed by atoms with Crippen molar-refractivity contribution >= 4 is 17.5 Å². The zero-order chi connectivity index (χ0) is 22.0. The number of fused-ring (bicyclic) bond motifs is 1. The van der Waals surface area contributed by atoms with Crippen molar-refractivity contribution in [2.45, 2.75) is 37.6 Å². The molecule has 2 fully saturated rings. The number of piperazine rings is 1. The fraction of sp³-hybridized carbons (Fsp3) is 0.440. The number of carbonyl (C=O) groups excluding carboxylic acids is 2. The Hall–Kier alpha value is -3.22. The first-order chi connectivity index (χ1) is 15.6. The second-order valence-corrected chi connectivity index (χ2v) is 8.90. The van der Waals surface area contributed by atoms with E-state index >= 15 is 0 Å². The highest BCUT2D eigenvalue weighted by Crippen LogP contribution is 2.36. The largest absolute Gasteiger partial charge is 0.454 e. The maximum atomic E-state index is 13.0. The Bertz CT molecular complexity index is 988. The summed E-state index contributed by atoms with van der Waals surface area (Å²) in [5, 5.41) is 3.18. The van der Waals surface area contributed by atoms with Crippen molar-refractivity contribution in [2.75, 3.05) is 37.9 Å². The van der Waals surface area contributed by atoms with E-state index in [4.69, 9.17) is 9.47 Å². The smallest absolute Gasteiger partial charge is 0.231 e. The summed E-state index contributed by atoms with van der Waals surface area (Å²) < 4.78 is 10.9. The van der Waals surface area contributed by atoms with Gasteiger partial charge in [-0.25, -0.2) is 0 Å². The number of para-hydroxylation sites is 1. The third kappa shape index (κ3) is 4.38. The van der Waals surface area contributed by atoms with Gasteiger partial charge in [-0.15, -0.1) is 0 Å². The Morgan fingerprint density at radius 1 is 1.00 bits per heavy atom. The molecule has 1 unspecified atom stereocenters. The SMILES string of the molecule is O=C1CCC(CCC(=O)N2CCN(c3ccccc3)CC2)(Cc2ccc3c(c2)OCO3)N1. The number of rotatable bonds is 6. The highest BCUT2D eigenvalue weighted by Gasteiger charge is 2.38. The minimum absolute atomic E-state index is 0.0645. The minimum atomic E-state index is -0.383. The quantitative estimate of drug-likeness (QED) is 0.756. The van der Waals surface area contributed by atoms with E-state index in [1.54, 1.807) is 0 Å². The zero-order valence-corrected chi connectivity index (χ0v) is 18.2. The maximum Gasteiger partial charge on any atom is 0.231 e. The summed E-state index contributed by atoms with van der Waals surface area (Å²) in [7, 11) is 0. The molecule has 2 saturated heterocycles. The van der Waals surface area contributed by atoms with Crippen LogP contribution in [0, 0.1) is 0 Å². The highest BCUT2D eigenvalue weighted by atomic mass is 16.7. The molecule has 0 aliphatic carbocycles. The summed E-state index contributed by atoms with van der Waals surface area (Å²) in [5.74, 6) is 1.73. The molecule has 2 aromatic rings. The Labute approximate surface area is 188 Å². The van der Waals surface area contributed by atoms with Gasteiger partial charge in [0, 0.05) is 50.2 Å². The van der Waals surface area contributed by atoms with Crippen LogP contribution in [0.15, 0.2) is 48.5 Å². The van der Waals surface area contributed by atoms with Gasteiger partial charge >= 0.3 is 0 Å². The van der Waals surface area contributed by atoms with Gasteiger partial charge in [0.25, 0.3) is 0 Å². The van der Waals surface area contributed by atoms with Gasteiger partial charge in [0.05, 0.1) is 0 Å². The predicted octanol–water partition coefficient (Wildman–Crippen LogP) is 2.74. The summed E-state index contributed by atoms with van der Waals surface area (Å²) in [4.78, 5) is 29.4. The van der Waals surface area contributed by atoms with Crippen LogP contribution in [0.5, 0.6) is 11.5 Å². The molecule has 7 nitrogen and oxygen atoms in total. The summed E-state index contributed by atoms with van der Waals surface area (Å²) >= 11 is 0. The van der Waals surface area contributed by atoms with E-state index in [1.165, 1.54) is 5.69 Å². The third-order valence-electron chi connectivity index (χ3n) is 6.79. The minimum Gasteiger partial charge on any atom is -0.454 e. The van der Waals surface area contributed by atoms with Gasteiger partial charge in [-0.3, -0.25) is 9.59 Å².